The molecule has 0 fully saturated rings. The van der Waals surface area contributed by atoms with Crippen molar-refractivity contribution in [3.05, 3.63) is 77.6 Å². The predicted octanol–water partition coefficient (Wildman–Crippen LogP) is 3.93. The van der Waals surface area contributed by atoms with Gasteiger partial charge < -0.3 is 18.7 Å². The summed E-state index contributed by atoms with van der Waals surface area (Å²) >= 11 is 0. The first-order chi connectivity index (χ1) is 12.6. The van der Waals surface area contributed by atoms with Crippen LogP contribution in [0.1, 0.15) is 22.8 Å². The van der Waals surface area contributed by atoms with Gasteiger partial charge in [-0.2, -0.15) is 0 Å². The van der Waals surface area contributed by atoms with E-state index in [2.05, 4.69) is 4.90 Å². The summed E-state index contributed by atoms with van der Waals surface area (Å²) in [4.78, 5) is 2.08. The molecule has 0 radical (unpaired) electrons. The minimum Gasteiger partial charge on any atom is -0.491 e. The number of rotatable bonds is 9. The molecule has 0 amide bonds. The summed E-state index contributed by atoms with van der Waals surface area (Å²) in [6, 6.07) is 15.5. The maximum absolute atomic E-state index is 10.4. The van der Waals surface area contributed by atoms with E-state index < -0.39 is 6.10 Å². The highest BCUT2D eigenvalue weighted by atomic mass is 16.5. The first-order valence-corrected chi connectivity index (χ1v) is 8.76. The number of furan rings is 2. The molecule has 5 heteroatoms. The fourth-order valence-corrected chi connectivity index (χ4v) is 2.85. The fourth-order valence-electron chi connectivity index (χ4n) is 2.85. The molecule has 1 unspecified atom stereocenters. The molecule has 5 nitrogen and oxygen atoms in total. The molecule has 2 heterocycles. The zero-order valence-corrected chi connectivity index (χ0v) is 15.2. The monoisotopic (exact) mass is 355 g/mol. The van der Waals surface area contributed by atoms with Gasteiger partial charge in [-0.3, -0.25) is 4.90 Å². The summed E-state index contributed by atoms with van der Waals surface area (Å²) in [6.07, 6.45) is 1.03. The van der Waals surface area contributed by atoms with E-state index >= 15 is 0 Å². The van der Waals surface area contributed by atoms with Crippen molar-refractivity contribution in [3.63, 3.8) is 0 Å². The van der Waals surface area contributed by atoms with Crippen molar-refractivity contribution in [2.45, 2.75) is 33.0 Å². The van der Waals surface area contributed by atoms with Gasteiger partial charge in [0.1, 0.15) is 35.7 Å². The lowest BCUT2D eigenvalue weighted by atomic mass is 10.2. The summed E-state index contributed by atoms with van der Waals surface area (Å²) in [5, 5.41) is 10.4. The van der Waals surface area contributed by atoms with Gasteiger partial charge in [0.2, 0.25) is 0 Å². The van der Waals surface area contributed by atoms with Crippen molar-refractivity contribution in [2.75, 3.05) is 13.2 Å². The number of nitrogens with zero attached hydrogens (tertiary/aromatic N) is 1. The fraction of sp³-hybridized carbons (Fsp3) is 0.333. The van der Waals surface area contributed by atoms with Crippen LogP contribution in [0.15, 0.2) is 63.6 Å². The van der Waals surface area contributed by atoms with Crippen LogP contribution in [0, 0.1) is 13.8 Å². The molecule has 0 aliphatic heterocycles. The third kappa shape index (κ3) is 5.51. The van der Waals surface area contributed by atoms with Crippen molar-refractivity contribution in [1.29, 1.82) is 0 Å². The average molecular weight is 355 g/mol. The third-order valence-electron chi connectivity index (χ3n) is 4.04. The highest BCUT2D eigenvalue weighted by Gasteiger charge is 2.16. The lowest BCUT2D eigenvalue weighted by Crippen LogP contribution is -2.34. The third-order valence-corrected chi connectivity index (χ3v) is 4.04. The van der Waals surface area contributed by atoms with Crippen LogP contribution in [0.25, 0.3) is 0 Å². The van der Waals surface area contributed by atoms with E-state index in [1.807, 2.05) is 62.4 Å². The van der Waals surface area contributed by atoms with Crippen LogP contribution in [0.4, 0.5) is 0 Å². The Morgan fingerprint density at radius 2 is 1.88 bits per heavy atom. The van der Waals surface area contributed by atoms with E-state index in [-0.39, 0.29) is 6.61 Å². The Hall–Kier alpha value is -2.50. The molecular weight excluding hydrogens is 330 g/mol. The number of ether oxygens (including phenoxy) is 1. The standard InChI is InChI=1S/C21H25NO4/c1-16-5-3-6-19(11-16)25-15-18(23)12-22(13-20-7-4-10-24-20)14-21-9-8-17(2)26-21/h3-11,18,23H,12-15H2,1-2H3. The van der Waals surface area contributed by atoms with Crippen molar-refractivity contribution >= 4 is 0 Å². The minimum atomic E-state index is -0.624. The normalized spacial score (nSPS) is 12.5. The maximum Gasteiger partial charge on any atom is 0.119 e. The Morgan fingerprint density at radius 1 is 1.04 bits per heavy atom. The molecular formula is C21H25NO4. The molecule has 26 heavy (non-hydrogen) atoms. The molecule has 0 saturated heterocycles. The molecule has 3 aromatic rings. The van der Waals surface area contributed by atoms with Crippen molar-refractivity contribution < 1.29 is 18.7 Å². The van der Waals surface area contributed by atoms with Gasteiger partial charge in [0.05, 0.1) is 19.4 Å². The minimum absolute atomic E-state index is 0.231. The molecule has 0 saturated carbocycles. The van der Waals surface area contributed by atoms with Gasteiger partial charge in [-0.05, 0) is 55.8 Å². The summed E-state index contributed by atoms with van der Waals surface area (Å²) in [6.45, 7) is 5.80. The molecule has 3 rings (SSSR count). The van der Waals surface area contributed by atoms with Crippen LogP contribution in [0.5, 0.6) is 5.75 Å². The van der Waals surface area contributed by atoms with Crippen molar-refractivity contribution in [1.82, 2.24) is 4.90 Å². The number of hydrogen-bond donors (Lipinski definition) is 1. The van der Waals surface area contributed by atoms with Crippen LogP contribution in [0.2, 0.25) is 0 Å². The maximum atomic E-state index is 10.4. The molecule has 1 atom stereocenters. The second-order valence-corrected chi connectivity index (χ2v) is 6.54. The summed E-state index contributed by atoms with van der Waals surface area (Å²) in [5.74, 6) is 3.35. The Labute approximate surface area is 153 Å². The first-order valence-electron chi connectivity index (χ1n) is 8.76. The molecule has 1 aromatic carbocycles. The van der Waals surface area contributed by atoms with Crippen molar-refractivity contribution in [3.8, 4) is 5.75 Å². The zero-order valence-electron chi connectivity index (χ0n) is 15.2. The highest BCUT2D eigenvalue weighted by Crippen LogP contribution is 2.15. The Kier molecular flexibility index (Phi) is 6.15. The van der Waals surface area contributed by atoms with Gasteiger partial charge in [-0.1, -0.05) is 12.1 Å². The van der Waals surface area contributed by atoms with E-state index in [9.17, 15) is 5.11 Å². The average Bonchev–Trinajstić information content (AvgIpc) is 3.25. The number of aryl methyl sites for hydroxylation is 2. The number of benzene rings is 1. The first kappa shape index (κ1) is 18.3. The second-order valence-electron chi connectivity index (χ2n) is 6.54. The molecule has 0 aliphatic rings. The van der Waals surface area contributed by atoms with Crippen LogP contribution in [-0.2, 0) is 13.1 Å². The number of aliphatic hydroxyl groups excluding tert-OH is 1. The summed E-state index contributed by atoms with van der Waals surface area (Å²) in [7, 11) is 0. The molecule has 0 aliphatic carbocycles. The summed E-state index contributed by atoms with van der Waals surface area (Å²) in [5.41, 5.74) is 1.13. The van der Waals surface area contributed by atoms with Gasteiger partial charge in [0.25, 0.3) is 0 Å². The van der Waals surface area contributed by atoms with Gasteiger partial charge in [-0.25, -0.2) is 0 Å². The number of hydrogen-bond acceptors (Lipinski definition) is 5. The Balaban J connectivity index is 1.58. The van der Waals surface area contributed by atoms with Gasteiger partial charge in [0.15, 0.2) is 0 Å². The lowest BCUT2D eigenvalue weighted by Gasteiger charge is -2.23. The van der Waals surface area contributed by atoms with Gasteiger partial charge in [-0.15, -0.1) is 0 Å². The molecule has 1 N–H and O–H groups in total. The summed E-state index contributed by atoms with van der Waals surface area (Å²) < 4.78 is 16.8. The van der Waals surface area contributed by atoms with Crippen LogP contribution in [0.3, 0.4) is 0 Å². The largest absolute Gasteiger partial charge is 0.491 e. The topological polar surface area (TPSA) is 59.0 Å². The highest BCUT2D eigenvalue weighted by molar-refractivity contribution is 5.27. The van der Waals surface area contributed by atoms with E-state index in [1.54, 1.807) is 6.26 Å². The van der Waals surface area contributed by atoms with Crippen LogP contribution < -0.4 is 4.74 Å². The van der Waals surface area contributed by atoms with Gasteiger partial charge in [0, 0.05) is 6.54 Å². The Bertz CT molecular complexity index is 794. The zero-order chi connectivity index (χ0) is 18.4. The van der Waals surface area contributed by atoms with E-state index in [4.69, 9.17) is 13.6 Å². The van der Waals surface area contributed by atoms with E-state index in [0.29, 0.717) is 19.6 Å². The van der Waals surface area contributed by atoms with Crippen LogP contribution >= 0.6 is 0 Å². The second kappa shape index (κ2) is 8.74. The molecule has 2 aromatic heterocycles. The smallest absolute Gasteiger partial charge is 0.119 e. The Morgan fingerprint density at radius 3 is 2.58 bits per heavy atom. The predicted molar refractivity (Wildman–Crippen MR) is 98.9 cm³/mol. The van der Waals surface area contributed by atoms with Gasteiger partial charge >= 0.3 is 0 Å². The number of aliphatic hydroxyl groups is 1. The molecule has 138 valence electrons. The van der Waals surface area contributed by atoms with Crippen molar-refractivity contribution in [2.24, 2.45) is 0 Å². The molecule has 0 spiro atoms. The lowest BCUT2D eigenvalue weighted by molar-refractivity contribution is 0.0579. The SMILES string of the molecule is Cc1cccc(OCC(O)CN(Cc2ccco2)Cc2ccc(C)o2)c1. The quantitative estimate of drug-likeness (QED) is 0.630. The van der Waals surface area contributed by atoms with Crippen LogP contribution in [-0.4, -0.2) is 29.3 Å². The van der Waals surface area contributed by atoms with E-state index in [1.165, 1.54) is 0 Å². The molecule has 0 bridgehead atoms. The van der Waals surface area contributed by atoms with E-state index in [0.717, 1.165) is 28.6 Å².